The monoisotopic (exact) mass is 269 g/mol. The molecule has 1 heterocycles. The number of hydrogen-bond donors (Lipinski definition) is 1. The molecule has 20 heavy (non-hydrogen) atoms. The first-order valence-electron chi connectivity index (χ1n) is 7.16. The van der Waals surface area contributed by atoms with Crippen molar-refractivity contribution < 1.29 is 9.53 Å². The molecule has 3 rings (SSSR count). The van der Waals surface area contributed by atoms with Crippen molar-refractivity contribution in [1.29, 1.82) is 0 Å². The first kappa shape index (κ1) is 13.1. The van der Waals surface area contributed by atoms with Crippen LogP contribution in [0.1, 0.15) is 30.1 Å². The lowest BCUT2D eigenvalue weighted by Gasteiger charge is -2.20. The molecule has 1 N–H and O–H groups in total. The molecule has 0 saturated carbocycles. The number of hydrogen-bond acceptors (Lipinski definition) is 2. The Hall–Kier alpha value is -1.87. The molecule has 3 nitrogen and oxygen atoms in total. The Bertz CT molecular complexity index is 612. The van der Waals surface area contributed by atoms with E-state index in [0.717, 1.165) is 35.8 Å². The number of rotatable bonds is 3. The van der Waals surface area contributed by atoms with Gasteiger partial charge in [-0.25, -0.2) is 0 Å². The lowest BCUT2D eigenvalue weighted by atomic mass is 10.0. The van der Waals surface area contributed by atoms with E-state index in [-0.39, 0.29) is 18.1 Å². The van der Waals surface area contributed by atoms with E-state index in [1.165, 1.54) is 0 Å². The van der Waals surface area contributed by atoms with Crippen molar-refractivity contribution in [2.75, 3.05) is 6.61 Å². The highest BCUT2D eigenvalue weighted by atomic mass is 16.5. The molecular weight excluding hydrogens is 250 g/mol. The van der Waals surface area contributed by atoms with Crippen LogP contribution < -0.4 is 5.32 Å². The van der Waals surface area contributed by atoms with Crippen LogP contribution in [0.4, 0.5) is 0 Å². The Morgan fingerprint density at radius 2 is 2.05 bits per heavy atom. The van der Waals surface area contributed by atoms with Gasteiger partial charge in [0.25, 0.3) is 5.91 Å². The molecule has 0 aromatic heterocycles. The van der Waals surface area contributed by atoms with Crippen molar-refractivity contribution >= 4 is 16.7 Å². The maximum absolute atomic E-state index is 12.5. The predicted octanol–water partition coefficient (Wildman–Crippen LogP) is 3.14. The summed E-state index contributed by atoms with van der Waals surface area (Å²) < 4.78 is 5.62. The first-order chi connectivity index (χ1) is 9.75. The van der Waals surface area contributed by atoms with E-state index in [2.05, 4.69) is 5.32 Å². The summed E-state index contributed by atoms with van der Waals surface area (Å²) in [6.07, 6.45) is 2.25. The maximum atomic E-state index is 12.5. The Balaban J connectivity index is 1.81. The van der Waals surface area contributed by atoms with Gasteiger partial charge in [0.15, 0.2) is 0 Å². The van der Waals surface area contributed by atoms with Crippen LogP contribution in [-0.4, -0.2) is 24.7 Å². The van der Waals surface area contributed by atoms with Crippen molar-refractivity contribution in [2.45, 2.75) is 31.9 Å². The third-order valence-electron chi connectivity index (χ3n) is 3.92. The average Bonchev–Trinajstić information content (AvgIpc) is 3.01. The molecule has 1 aliphatic heterocycles. The van der Waals surface area contributed by atoms with Gasteiger partial charge in [0.05, 0.1) is 12.1 Å². The van der Waals surface area contributed by atoms with Gasteiger partial charge >= 0.3 is 0 Å². The van der Waals surface area contributed by atoms with Gasteiger partial charge in [0.2, 0.25) is 0 Å². The van der Waals surface area contributed by atoms with Crippen molar-refractivity contribution in [2.24, 2.45) is 0 Å². The molecule has 1 amide bonds. The highest BCUT2D eigenvalue weighted by molar-refractivity contribution is 6.07. The van der Waals surface area contributed by atoms with Crippen molar-refractivity contribution in [3.63, 3.8) is 0 Å². The molecule has 2 atom stereocenters. The van der Waals surface area contributed by atoms with E-state index in [4.69, 9.17) is 4.74 Å². The minimum atomic E-state index is -0.0233. The summed E-state index contributed by atoms with van der Waals surface area (Å²) in [6, 6.07) is 13.8. The summed E-state index contributed by atoms with van der Waals surface area (Å²) >= 11 is 0. The molecule has 0 unspecified atom stereocenters. The van der Waals surface area contributed by atoms with Gasteiger partial charge in [-0.05, 0) is 36.6 Å². The second kappa shape index (κ2) is 5.63. The Morgan fingerprint density at radius 1 is 1.25 bits per heavy atom. The van der Waals surface area contributed by atoms with E-state index in [1.54, 1.807) is 0 Å². The molecule has 0 radical (unpaired) electrons. The number of amides is 1. The second-order valence-corrected chi connectivity index (χ2v) is 5.34. The van der Waals surface area contributed by atoms with Crippen LogP contribution in [0, 0.1) is 0 Å². The molecule has 3 heteroatoms. The quantitative estimate of drug-likeness (QED) is 0.929. The third-order valence-corrected chi connectivity index (χ3v) is 3.92. The van der Waals surface area contributed by atoms with Crippen LogP contribution in [0.5, 0.6) is 0 Å². The number of nitrogens with one attached hydrogen (secondary N) is 1. The zero-order chi connectivity index (χ0) is 13.9. The highest BCUT2D eigenvalue weighted by Crippen LogP contribution is 2.20. The normalized spacial score (nSPS) is 19.9. The molecule has 0 spiro atoms. The number of carbonyl (C=O) groups is 1. The van der Waals surface area contributed by atoms with E-state index in [9.17, 15) is 4.79 Å². The number of ether oxygens (including phenoxy) is 1. The first-order valence-corrected chi connectivity index (χ1v) is 7.16. The summed E-state index contributed by atoms with van der Waals surface area (Å²) in [6.45, 7) is 2.82. The molecule has 0 bridgehead atoms. The average molecular weight is 269 g/mol. The van der Waals surface area contributed by atoms with Crippen LogP contribution in [-0.2, 0) is 4.74 Å². The van der Waals surface area contributed by atoms with Gasteiger partial charge in [-0.2, -0.15) is 0 Å². The number of fused-ring (bicyclic) bond motifs is 1. The van der Waals surface area contributed by atoms with Gasteiger partial charge in [0.1, 0.15) is 0 Å². The summed E-state index contributed by atoms with van der Waals surface area (Å²) in [5.41, 5.74) is 0.730. The van der Waals surface area contributed by atoms with Crippen molar-refractivity contribution in [3.8, 4) is 0 Å². The van der Waals surface area contributed by atoms with Crippen molar-refractivity contribution in [3.05, 3.63) is 48.0 Å². The van der Waals surface area contributed by atoms with Gasteiger partial charge in [-0.1, -0.05) is 36.4 Å². The second-order valence-electron chi connectivity index (χ2n) is 5.34. The standard InChI is InChI=1S/C17H19NO2/c1-12(16-10-5-11-20-16)18-17(19)15-9-4-7-13-6-2-3-8-14(13)15/h2-4,6-9,12,16H,5,10-11H2,1H3,(H,18,19)/t12-,16-/m1/s1. The summed E-state index contributed by atoms with van der Waals surface area (Å²) in [4.78, 5) is 12.5. The van der Waals surface area contributed by atoms with Crippen LogP contribution in [0.25, 0.3) is 10.8 Å². The van der Waals surface area contributed by atoms with Crippen LogP contribution in [0.15, 0.2) is 42.5 Å². The summed E-state index contributed by atoms with van der Waals surface area (Å²) in [5.74, 6) is -0.0233. The molecule has 104 valence electrons. The Kier molecular flexibility index (Phi) is 3.70. The Labute approximate surface area is 118 Å². The van der Waals surface area contributed by atoms with Gasteiger partial charge in [-0.3, -0.25) is 4.79 Å². The predicted molar refractivity (Wildman–Crippen MR) is 79.9 cm³/mol. The van der Waals surface area contributed by atoms with Gasteiger partial charge < -0.3 is 10.1 Å². The fourth-order valence-electron chi connectivity index (χ4n) is 2.80. The highest BCUT2D eigenvalue weighted by Gasteiger charge is 2.24. The van der Waals surface area contributed by atoms with E-state index in [0.29, 0.717) is 0 Å². The van der Waals surface area contributed by atoms with E-state index >= 15 is 0 Å². The molecule has 2 aromatic rings. The minimum Gasteiger partial charge on any atom is -0.376 e. The molecule has 1 aliphatic rings. The SMILES string of the molecule is C[C@@H](NC(=O)c1cccc2ccccc12)[C@H]1CCCO1. The molecular formula is C17H19NO2. The zero-order valence-electron chi connectivity index (χ0n) is 11.6. The lowest BCUT2D eigenvalue weighted by molar-refractivity contribution is 0.0713. The molecule has 1 saturated heterocycles. The largest absolute Gasteiger partial charge is 0.376 e. The van der Waals surface area contributed by atoms with E-state index in [1.807, 2.05) is 49.4 Å². The van der Waals surface area contributed by atoms with Crippen LogP contribution >= 0.6 is 0 Å². The van der Waals surface area contributed by atoms with Crippen LogP contribution in [0.3, 0.4) is 0 Å². The third kappa shape index (κ3) is 2.54. The minimum absolute atomic E-state index is 0.0233. The van der Waals surface area contributed by atoms with E-state index < -0.39 is 0 Å². The maximum Gasteiger partial charge on any atom is 0.252 e. The zero-order valence-corrected chi connectivity index (χ0v) is 11.6. The lowest BCUT2D eigenvalue weighted by Crippen LogP contribution is -2.40. The number of benzene rings is 2. The topological polar surface area (TPSA) is 38.3 Å². The fraction of sp³-hybridized carbons (Fsp3) is 0.353. The summed E-state index contributed by atoms with van der Waals surface area (Å²) in [5, 5.41) is 5.15. The number of carbonyl (C=O) groups excluding carboxylic acids is 1. The van der Waals surface area contributed by atoms with Gasteiger partial charge in [0, 0.05) is 12.2 Å². The smallest absolute Gasteiger partial charge is 0.252 e. The molecule has 0 aliphatic carbocycles. The Morgan fingerprint density at radius 3 is 2.85 bits per heavy atom. The molecule has 2 aromatic carbocycles. The van der Waals surface area contributed by atoms with Gasteiger partial charge in [-0.15, -0.1) is 0 Å². The molecule has 1 fully saturated rings. The van der Waals surface area contributed by atoms with Crippen LogP contribution in [0.2, 0.25) is 0 Å². The van der Waals surface area contributed by atoms with Crippen molar-refractivity contribution in [1.82, 2.24) is 5.32 Å². The summed E-state index contributed by atoms with van der Waals surface area (Å²) in [7, 11) is 0. The fourth-order valence-corrected chi connectivity index (χ4v) is 2.80.